The zero-order valence-corrected chi connectivity index (χ0v) is 16.0. The summed E-state index contributed by atoms with van der Waals surface area (Å²) < 4.78 is 11.5. The molecule has 0 heterocycles. The number of ether oxygens (including phenoxy) is 2. The van der Waals surface area contributed by atoms with Gasteiger partial charge in [0.2, 0.25) is 0 Å². The van der Waals surface area contributed by atoms with E-state index in [-0.39, 0.29) is 6.61 Å². The monoisotopic (exact) mass is 366 g/mol. The zero-order chi connectivity index (χ0) is 18.4. The molecule has 0 aliphatic heterocycles. The van der Waals surface area contributed by atoms with E-state index in [1.807, 2.05) is 49.4 Å². The van der Waals surface area contributed by atoms with Crippen molar-refractivity contribution in [3.8, 4) is 11.5 Å². The third-order valence-electron chi connectivity index (χ3n) is 4.12. The number of rotatable bonds is 7. The number of methoxy groups -OCH3 is 1. The Balaban J connectivity index is 1.87. The number of hydrogen-bond donors (Lipinski definition) is 1. The minimum atomic E-state index is 0.0359. The van der Waals surface area contributed by atoms with Gasteiger partial charge in [-0.05, 0) is 41.6 Å². The molecule has 26 heavy (non-hydrogen) atoms. The van der Waals surface area contributed by atoms with Gasteiger partial charge in [-0.3, -0.25) is 0 Å². The molecule has 1 N–H and O–H groups in total. The van der Waals surface area contributed by atoms with Gasteiger partial charge in [0.15, 0.2) is 0 Å². The summed E-state index contributed by atoms with van der Waals surface area (Å²) in [5.41, 5.74) is 3.23. The molecule has 0 aliphatic rings. The normalized spacial score (nSPS) is 11.0. The van der Waals surface area contributed by atoms with E-state index in [4.69, 9.17) is 9.47 Å². The number of aliphatic hydroxyl groups is 1. The quantitative estimate of drug-likeness (QED) is 0.648. The Bertz CT molecular complexity index is 863. The number of aliphatic hydroxyl groups excluding tert-OH is 1. The van der Waals surface area contributed by atoms with Crippen molar-refractivity contribution >= 4 is 19.2 Å². The number of benzene rings is 3. The molecule has 3 rings (SSSR count). The first-order chi connectivity index (χ1) is 12.7. The summed E-state index contributed by atoms with van der Waals surface area (Å²) in [4.78, 5) is 0. The van der Waals surface area contributed by atoms with Gasteiger partial charge in [0, 0.05) is 5.30 Å². The van der Waals surface area contributed by atoms with Crippen molar-refractivity contribution in [3.63, 3.8) is 0 Å². The van der Waals surface area contributed by atoms with Gasteiger partial charge in [0.1, 0.15) is 18.1 Å². The molecular formula is C22H23O3P. The molecule has 0 bridgehead atoms. The van der Waals surface area contributed by atoms with Crippen LogP contribution in [0.2, 0.25) is 0 Å². The van der Waals surface area contributed by atoms with Crippen LogP contribution in [0.5, 0.6) is 11.5 Å². The highest BCUT2D eigenvalue weighted by Crippen LogP contribution is 2.26. The van der Waals surface area contributed by atoms with Gasteiger partial charge in [0.25, 0.3) is 0 Å². The third-order valence-corrected chi connectivity index (χ3v) is 5.54. The fourth-order valence-electron chi connectivity index (χ4n) is 2.72. The molecule has 0 spiro atoms. The van der Waals surface area contributed by atoms with Crippen molar-refractivity contribution in [2.45, 2.75) is 20.1 Å². The summed E-state index contributed by atoms with van der Waals surface area (Å²) in [6, 6.07) is 22.2. The first kappa shape index (κ1) is 18.4. The van der Waals surface area contributed by atoms with E-state index in [0.717, 1.165) is 38.8 Å². The van der Waals surface area contributed by atoms with Crippen LogP contribution in [0.15, 0.2) is 66.7 Å². The van der Waals surface area contributed by atoms with Crippen molar-refractivity contribution in [1.29, 1.82) is 0 Å². The molecule has 4 heteroatoms. The first-order valence-corrected chi connectivity index (χ1v) is 9.52. The van der Waals surface area contributed by atoms with E-state index in [9.17, 15) is 5.11 Å². The summed E-state index contributed by atoms with van der Waals surface area (Å²) in [7, 11) is 2.04. The van der Waals surface area contributed by atoms with Crippen molar-refractivity contribution in [3.05, 3.63) is 83.4 Å². The molecule has 0 aliphatic carbocycles. The summed E-state index contributed by atoms with van der Waals surface area (Å²) >= 11 is 0. The van der Waals surface area contributed by atoms with Gasteiger partial charge in [-0.2, -0.15) is 0 Å². The lowest BCUT2D eigenvalue weighted by atomic mass is 10.1. The molecule has 0 radical (unpaired) electrons. The highest BCUT2D eigenvalue weighted by atomic mass is 31.1. The Morgan fingerprint density at radius 1 is 0.923 bits per heavy atom. The summed E-state index contributed by atoms with van der Waals surface area (Å²) in [6.45, 7) is 2.59. The van der Waals surface area contributed by atoms with E-state index < -0.39 is 0 Å². The van der Waals surface area contributed by atoms with Gasteiger partial charge in [-0.25, -0.2) is 0 Å². The molecule has 134 valence electrons. The summed E-state index contributed by atoms with van der Waals surface area (Å²) in [5.74, 6) is 1.65. The standard InChI is InChI=1S/C22H23O3P/c1-16-8-11-21(18(12-16)14-23)26-22-13-19(24-2)9-10-20(22)25-15-17-6-4-3-5-7-17/h3-13,23,26H,14-15H2,1-2H3. The maximum Gasteiger partial charge on any atom is 0.127 e. The first-order valence-electron chi connectivity index (χ1n) is 8.52. The van der Waals surface area contributed by atoms with E-state index in [0.29, 0.717) is 15.2 Å². The highest BCUT2D eigenvalue weighted by molar-refractivity contribution is 7.55. The third kappa shape index (κ3) is 4.63. The number of aryl methyl sites for hydroxylation is 1. The predicted octanol–water partition coefficient (Wildman–Crippen LogP) is 3.70. The van der Waals surface area contributed by atoms with Gasteiger partial charge >= 0.3 is 0 Å². The highest BCUT2D eigenvalue weighted by Gasteiger charge is 2.10. The van der Waals surface area contributed by atoms with Crippen LogP contribution < -0.4 is 20.1 Å². The van der Waals surface area contributed by atoms with Crippen molar-refractivity contribution in [2.24, 2.45) is 0 Å². The van der Waals surface area contributed by atoms with Crippen LogP contribution in [0.3, 0.4) is 0 Å². The molecule has 0 fully saturated rings. The van der Waals surface area contributed by atoms with Crippen LogP contribution in [-0.2, 0) is 13.2 Å². The molecule has 3 aromatic rings. The number of hydrogen-bond acceptors (Lipinski definition) is 3. The molecule has 3 aromatic carbocycles. The summed E-state index contributed by atoms with van der Waals surface area (Å²) in [6.07, 6.45) is 0. The maximum atomic E-state index is 9.69. The molecule has 0 saturated carbocycles. The average Bonchev–Trinajstić information content (AvgIpc) is 2.69. The average molecular weight is 366 g/mol. The molecule has 1 atom stereocenters. The Morgan fingerprint density at radius 2 is 1.73 bits per heavy atom. The van der Waals surface area contributed by atoms with Gasteiger partial charge in [-0.1, -0.05) is 62.7 Å². The van der Waals surface area contributed by atoms with Crippen molar-refractivity contribution in [2.75, 3.05) is 7.11 Å². The molecule has 0 aromatic heterocycles. The Kier molecular flexibility index (Phi) is 6.27. The van der Waals surface area contributed by atoms with Crippen LogP contribution in [-0.4, -0.2) is 12.2 Å². The van der Waals surface area contributed by atoms with Crippen LogP contribution in [0.4, 0.5) is 0 Å². The Hall–Kier alpha value is -2.35. The second kappa shape index (κ2) is 8.84. The van der Waals surface area contributed by atoms with Crippen LogP contribution in [0.1, 0.15) is 16.7 Å². The van der Waals surface area contributed by atoms with E-state index in [1.165, 1.54) is 0 Å². The molecule has 1 unspecified atom stereocenters. The van der Waals surface area contributed by atoms with Crippen LogP contribution in [0.25, 0.3) is 0 Å². The molecule has 3 nitrogen and oxygen atoms in total. The fraction of sp³-hybridized carbons (Fsp3) is 0.182. The molecule has 0 saturated heterocycles. The van der Waals surface area contributed by atoms with E-state index in [2.05, 4.69) is 24.3 Å². The van der Waals surface area contributed by atoms with Gasteiger partial charge in [-0.15, -0.1) is 0 Å². The largest absolute Gasteiger partial charge is 0.497 e. The molecule has 0 amide bonds. The Labute approximate surface area is 156 Å². The van der Waals surface area contributed by atoms with E-state index in [1.54, 1.807) is 7.11 Å². The van der Waals surface area contributed by atoms with Crippen molar-refractivity contribution < 1.29 is 14.6 Å². The predicted molar refractivity (Wildman–Crippen MR) is 108 cm³/mol. The second-order valence-electron chi connectivity index (χ2n) is 6.08. The fourth-order valence-corrected chi connectivity index (χ4v) is 3.98. The summed E-state index contributed by atoms with van der Waals surface area (Å²) in [5, 5.41) is 11.9. The van der Waals surface area contributed by atoms with Crippen LogP contribution in [0, 0.1) is 6.92 Å². The smallest absolute Gasteiger partial charge is 0.127 e. The lowest BCUT2D eigenvalue weighted by Crippen LogP contribution is -2.12. The van der Waals surface area contributed by atoms with Gasteiger partial charge < -0.3 is 14.6 Å². The van der Waals surface area contributed by atoms with Crippen molar-refractivity contribution in [1.82, 2.24) is 0 Å². The lowest BCUT2D eigenvalue weighted by Gasteiger charge is -2.15. The van der Waals surface area contributed by atoms with E-state index >= 15 is 0 Å². The second-order valence-corrected chi connectivity index (χ2v) is 7.41. The zero-order valence-electron chi connectivity index (χ0n) is 15.0. The topological polar surface area (TPSA) is 38.7 Å². The van der Waals surface area contributed by atoms with Gasteiger partial charge in [0.05, 0.1) is 13.7 Å². The van der Waals surface area contributed by atoms with Crippen LogP contribution >= 0.6 is 8.58 Å². The maximum absolute atomic E-state index is 9.69. The lowest BCUT2D eigenvalue weighted by molar-refractivity contribution is 0.283. The molecular weight excluding hydrogens is 343 g/mol. The Morgan fingerprint density at radius 3 is 2.46 bits per heavy atom. The minimum absolute atomic E-state index is 0.0359. The SMILES string of the molecule is COc1ccc(OCc2ccccc2)c(Pc2ccc(C)cc2CO)c1. The minimum Gasteiger partial charge on any atom is -0.497 e.